The van der Waals surface area contributed by atoms with Gasteiger partial charge in [-0.25, -0.2) is 13.4 Å². The third kappa shape index (κ3) is 4.14. The highest BCUT2D eigenvalue weighted by atomic mass is 32.2. The molecule has 1 aromatic carbocycles. The van der Waals surface area contributed by atoms with E-state index in [0.717, 1.165) is 11.8 Å². The van der Waals surface area contributed by atoms with Crippen LogP contribution in [0, 0.1) is 0 Å². The van der Waals surface area contributed by atoms with Crippen LogP contribution in [-0.4, -0.2) is 35.5 Å². The molecule has 2 aromatic rings. The average Bonchev–Trinajstić information content (AvgIpc) is 2.99. The second kappa shape index (κ2) is 6.51. The van der Waals surface area contributed by atoms with E-state index in [1.807, 2.05) is 30.3 Å². The number of aromatic amines is 1. The number of hydrogen-bond acceptors (Lipinski definition) is 4. The highest BCUT2D eigenvalue weighted by Gasteiger charge is 2.25. The standard InChI is InChI=1S/C13H15N3O4S/c17-13(18)11(7-6-10-4-2-1-3-5-10)16-21(19,20)12-8-14-9-15-12/h1-5,8-9,11,16H,6-7H2,(H,14,15)(H,17,18)/t11-/m0/s1. The molecule has 1 aromatic heterocycles. The largest absolute Gasteiger partial charge is 0.480 e. The van der Waals surface area contributed by atoms with Crippen molar-refractivity contribution in [1.82, 2.24) is 14.7 Å². The normalized spacial score (nSPS) is 13.0. The van der Waals surface area contributed by atoms with E-state index in [1.165, 1.54) is 6.33 Å². The summed E-state index contributed by atoms with van der Waals surface area (Å²) in [6.45, 7) is 0. The summed E-state index contributed by atoms with van der Waals surface area (Å²) >= 11 is 0. The molecule has 7 nitrogen and oxygen atoms in total. The Kier molecular flexibility index (Phi) is 4.71. The molecule has 0 radical (unpaired) electrons. The number of imidazole rings is 1. The highest BCUT2D eigenvalue weighted by Crippen LogP contribution is 2.09. The van der Waals surface area contributed by atoms with Crippen LogP contribution in [0.2, 0.25) is 0 Å². The molecule has 0 bridgehead atoms. The van der Waals surface area contributed by atoms with Crippen molar-refractivity contribution in [2.24, 2.45) is 0 Å². The quantitative estimate of drug-likeness (QED) is 0.699. The van der Waals surface area contributed by atoms with Gasteiger partial charge in [-0.15, -0.1) is 0 Å². The maximum Gasteiger partial charge on any atom is 0.321 e. The molecule has 112 valence electrons. The number of hydrogen-bond donors (Lipinski definition) is 3. The van der Waals surface area contributed by atoms with Crippen molar-refractivity contribution >= 4 is 16.0 Å². The molecule has 21 heavy (non-hydrogen) atoms. The molecular weight excluding hydrogens is 294 g/mol. The molecule has 0 aliphatic carbocycles. The predicted octanol–water partition coefficient (Wildman–Crippen LogP) is 0.774. The maximum absolute atomic E-state index is 12.0. The number of aliphatic carboxylic acids is 1. The van der Waals surface area contributed by atoms with E-state index in [9.17, 15) is 13.2 Å². The lowest BCUT2D eigenvalue weighted by Crippen LogP contribution is -2.41. The summed E-state index contributed by atoms with van der Waals surface area (Å²) < 4.78 is 26.1. The minimum atomic E-state index is -3.91. The summed E-state index contributed by atoms with van der Waals surface area (Å²) in [5.74, 6) is -1.21. The molecular formula is C13H15N3O4S. The second-order valence-electron chi connectivity index (χ2n) is 4.45. The molecule has 0 saturated heterocycles. The van der Waals surface area contributed by atoms with E-state index in [1.54, 1.807) is 0 Å². The third-order valence-corrected chi connectivity index (χ3v) is 4.32. The number of aryl methyl sites for hydroxylation is 1. The van der Waals surface area contributed by atoms with Gasteiger partial charge in [0.05, 0.1) is 12.5 Å². The van der Waals surface area contributed by atoms with Crippen LogP contribution in [0.4, 0.5) is 0 Å². The molecule has 0 fully saturated rings. The van der Waals surface area contributed by atoms with Crippen LogP contribution in [0.15, 0.2) is 47.9 Å². The number of H-pyrrole nitrogens is 1. The molecule has 0 spiro atoms. The van der Waals surface area contributed by atoms with Crippen LogP contribution in [0.3, 0.4) is 0 Å². The van der Waals surface area contributed by atoms with Gasteiger partial charge < -0.3 is 10.1 Å². The Labute approximate surface area is 122 Å². The number of benzene rings is 1. The summed E-state index contributed by atoms with van der Waals surface area (Å²) in [5.41, 5.74) is 0.949. The van der Waals surface area contributed by atoms with Crippen LogP contribution in [0.1, 0.15) is 12.0 Å². The van der Waals surface area contributed by atoms with Crippen LogP contribution >= 0.6 is 0 Å². The zero-order valence-corrected chi connectivity index (χ0v) is 11.9. The molecule has 2 rings (SSSR count). The summed E-state index contributed by atoms with van der Waals surface area (Å²) in [5, 5.41) is 9.00. The lowest BCUT2D eigenvalue weighted by atomic mass is 10.1. The zero-order chi connectivity index (χ0) is 15.3. The molecule has 0 amide bonds. The molecule has 1 heterocycles. The summed E-state index contributed by atoms with van der Waals surface area (Å²) in [4.78, 5) is 17.3. The summed E-state index contributed by atoms with van der Waals surface area (Å²) in [6.07, 6.45) is 2.96. The summed E-state index contributed by atoms with van der Waals surface area (Å²) in [6, 6.07) is 8.09. The van der Waals surface area contributed by atoms with Gasteiger partial charge in [0.25, 0.3) is 10.0 Å². The molecule has 0 unspecified atom stereocenters. The second-order valence-corrected chi connectivity index (χ2v) is 6.13. The molecule has 0 aliphatic rings. The first-order valence-electron chi connectivity index (χ1n) is 6.26. The molecule has 8 heteroatoms. The van der Waals surface area contributed by atoms with Crippen LogP contribution < -0.4 is 4.72 Å². The van der Waals surface area contributed by atoms with Gasteiger partial charge in [0.2, 0.25) is 0 Å². The monoisotopic (exact) mass is 309 g/mol. The highest BCUT2D eigenvalue weighted by molar-refractivity contribution is 7.89. The van der Waals surface area contributed by atoms with Crippen molar-refractivity contribution < 1.29 is 18.3 Å². The van der Waals surface area contributed by atoms with Crippen molar-refractivity contribution in [2.45, 2.75) is 23.9 Å². The Bertz CT molecular complexity index is 683. The predicted molar refractivity (Wildman–Crippen MR) is 75.1 cm³/mol. The summed E-state index contributed by atoms with van der Waals surface area (Å²) in [7, 11) is -3.91. The van der Waals surface area contributed by atoms with Gasteiger partial charge in [-0.05, 0) is 18.4 Å². The van der Waals surface area contributed by atoms with Gasteiger partial charge in [-0.1, -0.05) is 30.3 Å². The van der Waals surface area contributed by atoms with E-state index in [-0.39, 0.29) is 11.4 Å². The lowest BCUT2D eigenvalue weighted by Gasteiger charge is -2.13. The first-order valence-corrected chi connectivity index (χ1v) is 7.75. The fourth-order valence-electron chi connectivity index (χ4n) is 1.83. The number of sulfonamides is 1. The van der Waals surface area contributed by atoms with Gasteiger partial charge in [-0.3, -0.25) is 4.79 Å². The van der Waals surface area contributed by atoms with E-state index >= 15 is 0 Å². The van der Waals surface area contributed by atoms with Crippen LogP contribution in [0.5, 0.6) is 0 Å². The number of rotatable bonds is 7. The smallest absolute Gasteiger partial charge is 0.321 e. The third-order valence-electron chi connectivity index (χ3n) is 2.92. The van der Waals surface area contributed by atoms with Crippen molar-refractivity contribution in [2.75, 3.05) is 0 Å². The average molecular weight is 309 g/mol. The van der Waals surface area contributed by atoms with Crippen molar-refractivity contribution in [1.29, 1.82) is 0 Å². The Balaban J connectivity index is 2.05. The van der Waals surface area contributed by atoms with Crippen LogP contribution in [0.25, 0.3) is 0 Å². The molecule has 1 atom stereocenters. The fourth-order valence-corrected chi connectivity index (χ4v) is 2.96. The van der Waals surface area contributed by atoms with Crippen molar-refractivity contribution in [3.8, 4) is 0 Å². The van der Waals surface area contributed by atoms with E-state index in [0.29, 0.717) is 6.42 Å². The number of carbonyl (C=O) groups is 1. The topological polar surface area (TPSA) is 112 Å². The number of nitrogens with zero attached hydrogens (tertiary/aromatic N) is 1. The maximum atomic E-state index is 12.0. The van der Waals surface area contributed by atoms with E-state index < -0.39 is 22.0 Å². The first kappa shape index (κ1) is 15.2. The number of aromatic nitrogens is 2. The van der Waals surface area contributed by atoms with Gasteiger partial charge in [0.1, 0.15) is 6.04 Å². The Morgan fingerprint density at radius 1 is 1.33 bits per heavy atom. The molecule has 3 N–H and O–H groups in total. The van der Waals surface area contributed by atoms with E-state index in [4.69, 9.17) is 5.11 Å². The van der Waals surface area contributed by atoms with Crippen LogP contribution in [-0.2, 0) is 21.2 Å². The van der Waals surface area contributed by atoms with Gasteiger partial charge in [0.15, 0.2) is 5.03 Å². The SMILES string of the molecule is O=C(O)[C@H](CCc1ccccc1)NS(=O)(=O)c1cnc[nH]1. The van der Waals surface area contributed by atoms with Crippen molar-refractivity contribution in [3.63, 3.8) is 0 Å². The lowest BCUT2D eigenvalue weighted by molar-refractivity contribution is -0.139. The zero-order valence-electron chi connectivity index (χ0n) is 11.1. The van der Waals surface area contributed by atoms with Gasteiger partial charge in [0, 0.05) is 0 Å². The van der Waals surface area contributed by atoms with E-state index in [2.05, 4.69) is 14.7 Å². The molecule has 0 saturated carbocycles. The Morgan fingerprint density at radius 2 is 2.05 bits per heavy atom. The number of carboxylic acids is 1. The van der Waals surface area contributed by atoms with Crippen molar-refractivity contribution in [3.05, 3.63) is 48.4 Å². The Morgan fingerprint density at radius 3 is 2.62 bits per heavy atom. The minimum Gasteiger partial charge on any atom is -0.480 e. The molecule has 0 aliphatic heterocycles. The first-order chi connectivity index (χ1) is 9.99. The van der Waals surface area contributed by atoms with Gasteiger partial charge >= 0.3 is 5.97 Å². The Hall–Kier alpha value is -2.19. The van der Waals surface area contributed by atoms with Gasteiger partial charge in [-0.2, -0.15) is 4.72 Å². The fraction of sp³-hybridized carbons (Fsp3) is 0.231. The minimum absolute atomic E-state index is 0.159. The number of carboxylic acid groups (broad SMARTS) is 1. The number of nitrogens with one attached hydrogen (secondary N) is 2.